The molecule has 0 aliphatic carbocycles. The quantitative estimate of drug-likeness (QED) is 0.675. The third-order valence-electron chi connectivity index (χ3n) is 6.38. The van der Waals surface area contributed by atoms with E-state index in [0.717, 1.165) is 6.54 Å². The van der Waals surface area contributed by atoms with Crippen LogP contribution >= 0.6 is 24.0 Å². The van der Waals surface area contributed by atoms with Gasteiger partial charge in [-0.15, -0.1) is 12.4 Å². The molecular weight excluding hydrogens is 433 g/mol. The molecule has 10 heteroatoms. The molecule has 1 aromatic heterocycles. The molecule has 0 unspecified atom stereocenters. The van der Waals surface area contributed by atoms with Crippen LogP contribution in [-0.4, -0.2) is 67.8 Å². The molecule has 162 valence electrons. The number of nitrogens with one attached hydrogen (secondary N) is 1. The first-order valence-electron chi connectivity index (χ1n) is 9.64. The summed E-state index contributed by atoms with van der Waals surface area (Å²) in [6.07, 6.45) is 0.0166. The molecule has 0 radical (unpaired) electrons. The van der Waals surface area contributed by atoms with Crippen molar-refractivity contribution in [2.45, 2.75) is 11.7 Å². The number of rotatable bonds is 4. The van der Waals surface area contributed by atoms with E-state index >= 15 is 0 Å². The van der Waals surface area contributed by atoms with Crippen molar-refractivity contribution in [1.29, 1.82) is 0 Å². The minimum absolute atomic E-state index is 0. The van der Waals surface area contributed by atoms with Gasteiger partial charge in [0.05, 0.1) is 19.8 Å². The van der Waals surface area contributed by atoms with Gasteiger partial charge in [-0.05, 0) is 24.3 Å². The number of esters is 1. The van der Waals surface area contributed by atoms with Gasteiger partial charge in [0.2, 0.25) is 0 Å². The number of aromatic nitrogens is 1. The lowest BCUT2D eigenvalue weighted by molar-refractivity contribution is -0.0654. The van der Waals surface area contributed by atoms with E-state index in [4.69, 9.17) is 25.6 Å². The van der Waals surface area contributed by atoms with Crippen LogP contribution in [0.4, 0.5) is 5.82 Å². The molecule has 0 saturated carbocycles. The molecule has 5 rings (SSSR count). The molecule has 4 atom stereocenters. The van der Waals surface area contributed by atoms with Crippen molar-refractivity contribution >= 4 is 35.8 Å². The Morgan fingerprint density at radius 1 is 1.43 bits per heavy atom. The second-order valence-electron chi connectivity index (χ2n) is 7.89. The van der Waals surface area contributed by atoms with Crippen LogP contribution < -0.4 is 10.2 Å². The summed E-state index contributed by atoms with van der Waals surface area (Å²) in [6.45, 7) is 2.72. The van der Waals surface area contributed by atoms with Crippen LogP contribution in [0.25, 0.3) is 11.3 Å². The van der Waals surface area contributed by atoms with Crippen LogP contribution in [0, 0.1) is 11.8 Å². The molecule has 2 aromatic rings. The minimum Gasteiger partial charge on any atom is -0.465 e. The maximum absolute atomic E-state index is 12.6. The molecule has 2 bridgehead atoms. The van der Waals surface area contributed by atoms with Gasteiger partial charge in [0.15, 0.2) is 17.1 Å². The number of carbonyl (C=O) groups is 1. The summed E-state index contributed by atoms with van der Waals surface area (Å²) in [5.74, 6) is 0.471. The largest absolute Gasteiger partial charge is 0.465 e. The Balaban J connectivity index is 0.00000218. The Hall–Kier alpha value is -1.84. The van der Waals surface area contributed by atoms with Gasteiger partial charge in [-0.2, -0.15) is 0 Å². The maximum Gasteiger partial charge on any atom is 0.345 e. The smallest absolute Gasteiger partial charge is 0.345 e. The lowest BCUT2D eigenvalue weighted by Gasteiger charge is -2.33. The maximum atomic E-state index is 12.6. The predicted octanol–water partition coefficient (Wildman–Crippen LogP) is 1.99. The van der Waals surface area contributed by atoms with Crippen molar-refractivity contribution in [3.05, 3.63) is 34.9 Å². The topological polar surface area (TPSA) is 97.1 Å². The van der Waals surface area contributed by atoms with E-state index in [0.29, 0.717) is 41.8 Å². The summed E-state index contributed by atoms with van der Waals surface area (Å²) >= 11 is 5.98. The fraction of sp³-hybridized carbons (Fsp3) is 0.500. The molecular formula is C20H23Cl2N3O5. The lowest BCUT2D eigenvalue weighted by atomic mass is 9.83. The molecule has 1 spiro atoms. The van der Waals surface area contributed by atoms with Crippen molar-refractivity contribution < 1.29 is 23.9 Å². The van der Waals surface area contributed by atoms with E-state index in [2.05, 4.69) is 10.5 Å². The van der Waals surface area contributed by atoms with Gasteiger partial charge in [0.1, 0.15) is 5.60 Å². The number of anilines is 1. The average Bonchev–Trinajstić information content (AvgIpc) is 3.36. The molecule has 3 aliphatic heterocycles. The van der Waals surface area contributed by atoms with E-state index in [1.165, 1.54) is 7.11 Å². The van der Waals surface area contributed by atoms with Gasteiger partial charge in [-0.25, -0.2) is 4.79 Å². The van der Waals surface area contributed by atoms with Crippen molar-refractivity contribution in [1.82, 2.24) is 10.5 Å². The molecule has 2 N–H and O–H groups in total. The molecule has 4 heterocycles. The highest BCUT2D eigenvalue weighted by Gasteiger charge is 2.61. The number of carbonyl (C=O) groups excluding carboxylic acids is 1. The summed E-state index contributed by atoms with van der Waals surface area (Å²) in [6, 6.07) is 7.01. The number of fused-ring (bicyclic) bond motifs is 1. The average molecular weight is 456 g/mol. The summed E-state index contributed by atoms with van der Waals surface area (Å²) < 4.78 is 17.0. The number of nitrogens with zero attached hydrogens (tertiary/aromatic N) is 2. The number of morpholine rings is 1. The van der Waals surface area contributed by atoms with Crippen LogP contribution in [0.2, 0.25) is 5.02 Å². The number of aliphatic hydroxyl groups excluding tert-OH is 1. The first kappa shape index (κ1) is 21.4. The van der Waals surface area contributed by atoms with Gasteiger partial charge in [0, 0.05) is 48.7 Å². The van der Waals surface area contributed by atoms with E-state index in [9.17, 15) is 9.90 Å². The van der Waals surface area contributed by atoms with E-state index in [1.54, 1.807) is 24.3 Å². The van der Waals surface area contributed by atoms with Gasteiger partial charge < -0.3 is 29.3 Å². The first-order chi connectivity index (χ1) is 14.1. The minimum atomic E-state index is -0.514. The SMILES string of the molecule is COC(=O)c1c(N2C[C@@H]3[C@H](CO)[C@H]4CNC[C@]3(C2)O4)noc1-c1ccc(Cl)cc1.Cl. The Labute approximate surface area is 184 Å². The van der Waals surface area contributed by atoms with Crippen LogP contribution in [-0.2, 0) is 9.47 Å². The molecule has 1 aromatic carbocycles. The zero-order chi connectivity index (χ0) is 20.2. The fourth-order valence-corrected chi connectivity index (χ4v) is 5.17. The summed E-state index contributed by atoms with van der Waals surface area (Å²) in [5, 5.41) is 18.2. The van der Waals surface area contributed by atoms with Gasteiger partial charge in [-0.1, -0.05) is 16.8 Å². The molecule has 3 saturated heterocycles. The highest BCUT2D eigenvalue weighted by Crippen LogP contribution is 2.49. The molecule has 3 fully saturated rings. The van der Waals surface area contributed by atoms with E-state index in [1.807, 2.05) is 4.90 Å². The van der Waals surface area contributed by atoms with Gasteiger partial charge in [0.25, 0.3) is 0 Å². The normalized spacial score (nSPS) is 29.4. The van der Waals surface area contributed by atoms with E-state index in [-0.39, 0.29) is 42.5 Å². The number of halogens is 2. The number of hydrogen-bond donors (Lipinski definition) is 2. The van der Waals surface area contributed by atoms with Gasteiger partial charge >= 0.3 is 5.97 Å². The Morgan fingerprint density at radius 3 is 2.90 bits per heavy atom. The van der Waals surface area contributed by atoms with Crippen molar-refractivity contribution in [2.75, 3.05) is 44.8 Å². The molecule has 8 nitrogen and oxygen atoms in total. The van der Waals surface area contributed by atoms with Crippen LogP contribution in [0.1, 0.15) is 10.4 Å². The zero-order valence-corrected chi connectivity index (χ0v) is 17.9. The van der Waals surface area contributed by atoms with Crippen LogP contribution in [0.15, 0.2) is 28.8 Å². The standard InChI is InChI=1S/C20H22ClN3O5.ClH/c1-27-19(26)16-17(11-2-4-12(21)5-3-11)29-23-18(16)24-7-14-13(8-25)15-6-22-9-20(14,10-24)28-15;/h2-5,13-15,22,25H,6-10H2,1H3;1H/t13-,14+,15+,20+;/m0./s1. The number of hydrogen-bond acceptors (Lipinski definition) is 8. The summed E-state index contributed by atoms with van der Waals surface area (Å²) in [4.78, 5) is 14.6. The zero-order valence-electron chi connectivity index (χ0n) is 16.3. The third kappa shape index (κ3) is 3.18. The highest BCUT2D eigenvalue weighted by atomic mass is 35.5. The third-order valence-corrected chi connectivity index (χ3v) is 6.63. The highest BCUT2D eigenvalue weighted by molar-refractivity contribution is 6.30. The van der Waals surface area contributed by atoms with Crippen molar-refractivity contribution in [2.24, 2.45) is 11.8 Å². The Morgan fingerprint density at radius 2 is 2.20 bits per heavy atom. The number of benzene rings is 1. The van der Waals surface area contributed by atoms with Gasteiger partial charge in [-0.3, -0.25) is 0 Å². The second kappa shape index (κ2) is 8.01. The lowest BCUT2D eigenvalue weighted by Crippen LogP contribution is -2.52. The van der Waals surface area contributed by atoms with E-state index < -0.39 is 11.6 Å². The summed E-state index contributed by atoms with van der Waals surface area (Å²) in [7, 11) is 1.34. The fourth-order valence-electron chi connectivity index (χ4n) is 5.04. The summed E-state index contributed by atoms with van der Waals surface area (Å²) in [5.41, 5.74) is 0.574. The molecule has 30 heavy (non-hydrogen) atoms. The second-order valence-corrected chi connectivity index (χ2v) is 8.33. The van der Waals surface area contributed by atoms with Crippen molar-refractivity contribution in [3.63, 3.8) is 0 Å². The first-order valence-corrected chi connectivity index (χ1v) is 10.0. The Kier molecular flexibility index (Phi) is 5.71. The van der Waals surface area contributed by atoms with Crippen LogP contribution in [0.3, 0.4) is 0 Å². The number of aliphatic hydroxyl groups is 1. The Bertz CT molecular complexity index is 937. The molecule has 3 aliphatic rings. The number of methoxy groups -OCH3 is 1. The van der Waals surface area contributed by atoms with Crippen LogP contribution in [0.5, 0.6) is 0 Å². The molecule has 0 amide bonds. The number of ether oxygens (including phenoxy) is 2. The van der Waals surface area contributed by atoms with Crippen molar-refractivity contribution in [3.8, 4) is 11.3 Å². The monoisotopic (exact) mass is 455 g/mol. The predicted molar refractivity (Wildman–Crippen MR) is 112 cm³/mol.